The van der Waals surface area contributed by atoms with E-state index in [0.717, 1.165) is 16.7 Å². The minimum absolute atomic E-state index is 0.0669. The molecule has 2 amide bonds. The number of amides is 2. The number of carboxylic acids is 1. The largest absolute Gasteiger partial charge is 0.481 e. The second-order valence-electron chi connectivity index (χ2n) is 8.49. The Morgan fingerprint density at radius 2 is 1.69 bits per heavy atom. The highest BCUT2D eigenvalue weighted by atomic mass is 16.4. The third-order valence-corrected chi connectivity index (χ3v) is 6.26. The first-order valence-corrected chi connectivity index (χ1v) is 11.5. The lowest BCUT2D eigenvalue weighted by Crippen LogP contribution is -2.53. The monoisotopic (exact) mass is 485 g/mol. The van der Waals surface area contributed by atoms with E-state index in [1.807, 2.05) is 54.6 Å². The fourth-order valence-electron chi connectivity index (χ4n) is 4.60. The molecular weight excluding hydrogens is 458 g/mol. The molecule has 0 aromatic heterocycles. The van der Waals surface area contributed by atoms with E-state index in [2.05, 4.69) is 5.43 Å². The van der Waals surface area contributed by atoms with Gasteiger partial charge < -0.3 is 15.7 Å². The molecule has 1 heterocycles. The summed E-state index contributed by atoms with van der Waals surface area (Å²) < 4.78 is 0. The van der Waals surface area contributed by atoms with Gasteiger partial charge in [0.25, 0.3) is 0 Å². The molecule has 5 N–H and O–H groups in total. The summed E-state index contributed by atoms with van der Waals surface area (Å²) in [5.41, 5.74) is 11.8. The molecule has 2 atom stereocenters. The van der Waals surface area contributed by atoms with Gasteiger partial charge in [-0.2, -0.15) is 0 Å². The Morgan fingerprint density at radius 1 is 1.03 bits per heavy atom. The number of carbonyl (C=O) groups excluding carboxylic acids is 2. The zero-order chi connectivity index (χ0) is 25.7. The summed E-state index contributed by atoms with van der Waals surface area (Å²) in [4.78, 5) is 39.0. The average molecular weight is 486 g/mol. The van der Waals surface area contributed by atoms with Gasteiger partial charge in [-0.25, -0.2) is 0 Å². The van der Waals surface area contributed by atoms with Crippen molar-refractivity contribution >= 4 is 29.8 Å². The molecule has 0 spiro atoms. The van der Waals surface area contributed by atoms with E-state index in [4.69, 9.17) is 11.1 Å². The van der Waals surface area contributed by atoms with Gasteiger partial charge in [-0.15, -0.1) is 0 Å². The molecule has 184 valence electrons. The summed E-state index contributed by atoms with van der Waals surface area (Å²) in [6.45, 7) is 0.321. The molecule has 3 aromatic carbocycles. The Hall–Kier alpha value is -4.66. The summed E-state index contributed by atoms with van der Waals surface area (Å²) in [6.07, 6.45) is 0.499. The van der Waals surface area contributed by atoms with Crippen LogP contribution in [0.3, 0.4) is 0 Å². The van der Waals surface area contributed by atoms with E-state index < -0.39 is 30.4 Å². The molecular formula is C27H27N5O4. The molecule has 0 fully saturated rings. The Morgan fingerprint density at radius 3 is 2.33 bits per heavy atom. The molecule has 9 nitrogen and oxygen atoms in total. The number of hydrazine groups is 1. The molecule has 4 rings (SSSR count). The molecule has 2 unspecified atom stereocenters. The van der Waals surface area contributed by atoms with Crippen molar-refractivity contribution in [2.75, 3.05) is 11.6 Å². The molecule has 9 heteroatoms. The van der Waals surface area contributed by atoms with Gasteiger partial charge in [0.2, 0.25) is 12.3 Å². The van der Waals surface area contributed by atoms with Crippen LogP contribution in [0.2, 0.25) is 0 Å². The maximum atomic E-state index is 14.0. The number of benzene rings is 3. The summed E-state index contributed by atoms with van der Waals surface area (Å²) in [7, 11) is 0. The number of hydrogen-bond donors (Lipinski definition) is 4. The van der Waals surface area contributed by atoms with Crippen molar-refractivity contribution in [3.63, 3.8) is 0 Å². The second kappa shape index (κ2) is 10.7. The smallest absolute Gasteiger partial charge is 0.306 e. The third kappa shape index (κ3) is 5.05. The lowest BCUT2D eigenvalue weighted by atomic mass is 9.94. The molecule has 1 aliphatic rings. The topological polar surface area (TPSA) is 140 Å². The first kappa shape index (κ1) is 24.5. The predicted octanol–water partition coefficient (Wildman–Crippen LogP) is 2.46. The summed E-state index contributed by atoms with van der Waals surface area (Å²) >= 11 is 0. The van der Waals surface area contributed by atoms with Crippen LogP contribution in [-0.4, -0.2) is 46.7 Å². The molecule has 0 aliphatic carbocycles. The number of rotatable bonds is 9. The van der Waals surface area contributed by atoms with Gasteiger partial charge in [-0.3, -0.25) is 30.2 Å². The number of nitrogens with two attached hydrogens (primary N) is 1. The quantitative estimate of drug-likeness (QED) is 0.209. The molecule has 1 aliphatic heterocycles. The van der Waals surface area contributed by atoms with Crippen LogP contribution in [0, 0.1) is 5.41 Å². The SMILES string of the molecule is N=C(N)c1ccc(C2c3ccccc3N(NC=O)C(CC(=O)O)C(=O)N2CCc2ccccc2)cc1. The molecule has 0 saturated heterocycles. The van der Waals surface area contributed by atoms with E-state index >= 15 is 0 Å². The highest BCUT2D eigenvalue weighted by Gasteiger charge is 2.41. The van der Waals surface area contributed by atoms with Crippen LogP contribution in [0.15, 0.2) is 78.9 Å². The van der Waals surface area contributed by atoms with E-state index in [9.17, 15) is 19.5 Å². The van der Waals surface area contributed by atoms with Gasteiger partial charge in [0.05, 0.1) is 18.2 Å². The number of fused-ring (bicyclic) bond motifs is 1. The van der Waals surface area contributed by atoms with E-state index in [-0.39, 0.29) is 5.84 Å². The van der Waals surface area contributed by atoms with Crippen molar-refractivity contribution < 1.29 is 19.5 Å². The number of para-hydroxylation sites is 1. The maximum Gasteiger partial charge on any atom is 0.306 e. The van der Waals surface area contributed by atoms with Crippen LogP contribution in [0.1, 0.15) is 34.7 Å². The number of nitrogen functional groups attached to an aromatic ring is 1. The Balaban J connectivity index is 1.87. The molecule has 0 radical (unpaired) electrons. The van der Waals surface area contributed by atoms with Crippen molar-refractivity contribution in [1.82, 2.24) is 10.3 Å². The predicted molar refractivity (Wildman–Crippen MR) is 135 cm³/mol. The lowest BCUT2D eigenvalue weighted by Gasteiger charge is -2.33. The van der Waals surface area contributed by atoms with Gasteiger partial charge in [-0.05, 0) is 23.6 Å². The number of nitrogens with one attached hydrogen (secondary N) is 2. The van der Waals surface area contributed by atoms with Crippen LogP contribution in [0.4, 0.5) is 5.69 Å². The van der Waals surface area contributed by atoms with Crippen LogP contribution < -0.4 is 16.2 Å². The molecule has 36 heavy (non-hydrogen) atoms. The second-order valence-corrected chi connectivity index (χ2v) is 8.49. The zero-order valence-corrected chi connectivity index (χ0v) is 19.5. The van der Waals surface area contributed by atoms with Gasteiger partial charge in [-0.1, -0.05) is 72.8 Å². The Labute approximate surface area is 208 Å². The first-order chi connectivity index (χ1) is 17.4. The average Bonchev–Trinajstić information content (AvgIpc) is 2.97. The number of carbonyl (C=O) groups is 3. The summed E-state index contributed by atoms with van der Waals surface area (Å²) in [5.74, 6) is -1.64. The minimum Gasteiger partial charge on any atom is -0.481 e. The van der Waals surface area contributed by atoms with Crippen molar-refractivity contribution in [2.24, 2.45) is 5.73 Å². The first-order valence-electron chi connectivity index (χ1n) is 11.5. The van der Waals surface area contributed by atoms with Crippen molar-refractivity contribution in [3.05, 3.63) is 101 Å². The minimum atomic E-state index is -1.16. The standard InChI is InChI=1S/C27H27N5O4/c28-26(29)20-12-10-19(11-13-20)25-21-8-4-5-9-22(21)32(30-17-33)23(16-24(34)35)27(36)31(25)15-14-18-6-2-1-3-7-18/h1-13,17,23,25H,14-16H2,(H3,28,29)(H,30,33)(H,34,35). The zero-order valence-electron chi connectivity index (χ0n) is 19.5. The Bertz CT molecular complexity index is 1260. The van der Waals surface area contributed by atoms with Gasteiger partial charge in [0.1, 0.15) is 11.9 Å². The molecule has 0 saturated carbocycles. The third-order valence-electron chi connectivity index (χ3n) is 6.26. The van der Waals surface area contributed by atoms with Crippen LogP contribution in [-0.2, 0) is 20.8 Å². The van der Waals surface area contributed by atoms with E-state index in [0.29, 0.717) is 30.6 Å². The fourth-order valence-corrected chi connectivity index (χ4v) is 4.60. The maximum absolute atomic E-state index is 14.0. The highest BCUT2D eigenvalue weighted by molar-refractivity contribution is 5.95. The number of nitrogens with zero attached hydrogens (tertiary/aromatic N) is 2. The molecule has 3 aromatic rings. The highest BCUT2D eigenvalue weighted by Crippen LogP contribution is 2.39. The number of aliphatic carboxylic acids is 1. The number of carboxylic acid groups (broad SMARTS) is 1. The summed E-state index contributed by atoms with van der Waals surface area (Å²) in [6, 6.07) is 22.3. The number of hydrogen-bond acceptors (Lipinski definition) is 5. The van der Waals surface area contributed by atoms with Crippen molar-refractivity contribution in [3.8, 4) is 0 Å². The Kier molecular flexibility index (Phi) is 7.29. The van der Waals surface area contributed by atoms with Crippen LogP contribution in [0.25, 0.3) is 0 Å². The lowest BCUT2D eigenvalue weighted by molar-refractivity contribution is -0.142. The van der Waals surface area contributed by atoms with Crippen LogP contribution in [0.5, 0.6) is 0 Å². The molecule has 0 bridgehead atoms. The van der Waals surface area contributed by atoms with Gasteiger partial charge in [0.15, 0.2) is 0 Å². The van der Waals surface area contributed by atoms with Gasteiger partial charge in [0, 0.05) is 17.7 Å². The van der Waals surface area contributed by atoms with Crippen molar-refractivity contribution in [1.29, 1.82) is 5.41 Å². The van der Waals surface area contributed by atoms with Crippen LogP contribution >= 0.6 is 0 Å². The fraction of sp³-hybridized carbons (Fsp3) is 0.185. The van der Waals surface area contributed by atoms with Crippen molar-refractivity contribution in [2.45, 2.75) is 24.9 Å². The van der Waals surface area contributed by atoms with E-state index in [1.165, 1.54) is 5.01 Å². The van der Waals surface area contributed by atoms with E-state index in [1.54, 1.807) is 29.2 Å². The normalized spacial score (nSPS) is 17.2. The van der Waals surface area contributed by atoms with Gasteiger partial charge >= 0.3 is 5.97 Å². The summed E-state index contributed by atoms with van der Waals surface area (Å²) in [5, 5.41) is 18.7. The number of anilines is 1. The number of amidine groups is 1.